The minimum Gasteiger partial charge on any atom is -0.507 e. The van der Waals surface area contributed by atoms with E-state index in [1.54, 1.807) is 19.1 Å². The third kappa shape index (κ3) is 4.63. The van der Waals surface area contributed by atoms with Gasteiger partial charge in [0, 0.05) is 30.8 Å². The molecule has 0 saturated heterocycles. The first-order valence-electron chi connectivity index (χ1n) is 7.97. The summed E-state index contributed by atoms with van der Waals surface area (Å²) in [6, 6.07) is 4.65. The Morgan fingerprint density at radius 3 is 2.70 bits per heavy atom. The van der Waals surface area contributed by atoms with Crippen LogP contribution in [0.15, 0.2) is 29.1 Å². The molecule has 27 heavy (non-hydrogen) atoms. The van der Waals surface area contributed by atoms with E-state index < -0.39 is 17.4 Å². The van der Waals surface area contributed by atoms with Crippen LogP contribution in [0.3, 0.4) is 0 Å². The second-order valence-electron chi connectivity index (χ2n) is 5.71. The highest BCUT2D eigenvalue weighted by Gasteiger charge is 2.17. The van der Waals surface area contributed by atoms with Crippen molar-refractivity contribution in [1.29, 1.82) is 0 Å². The molecule has 0 aliphatic rings. The number of thiophene rings is 1. The smallest absolute Gasteiger partial charge is 0.412 e. The van der Waals surface area contributed by atoms with Gasteiger partial charge in [-0.05, 0) is 31.2 Å². The number of allylic oxidation sites excluding steroid dienone is 1. The molecule has 0 spiro atoms. The molecule has 0 bridgehead atoms. The summed E-state index contributed by atoms with van der Waals surface area (Å²) in [6.07, 6.45) is 1.56. The third-order valence-electron chi connectivity index (χ3n) is 3.92. The highest BCUT2D eigenvalue weighted by Crippen LogP contribution is 2.27. The number of ketones is 1. The SMILES string of the molecule is COCCN(C(=O)O)c1ccc(/C=C/C(=O)c2c(O)cc(C)n(C)c2=O)s1. The van der Waals surface area contributed by atoms with E-state index in [2.05, 4.69) is 0 Å². The first kappa shape index (κ1) is 20.4. The molecule has 2 heterocycles. The molecule has 2 N–H and O–H groups in total. The van der Waals surface area contributed by atoms with Gasteiger partial charge < -0.3 is 19.5 Å². The van der Waals surface area contributed by atoms with Crippen molar-refractivity contribution in [2.24, 2.45) is 7.05 Å². The van der Waals surface area contributed by atoms with Crippen LogP contribution in [-0.4, -0.2) is 46.9 Å². The van der Waals surface area contributed by atoms with E-state index in [1.165, 1.54) is 48.3 Å². The minimum absolute atomic E-state index is 0.182. The maximum absolute atomic E-state index is 12.3. The van der Waals surface area contributed by atoms with Crippen molar-refractivity contribution in [3.8, 4) is 5.75 Å². The van der Waals surface area contributed by atoms with Crippen molar-refractivity contribution in [2.45, 2.75) is 6.92 Å². The lowest BCUT2D eigenvalue weighted by molar-refractivity contribution is 0.104. The number of hydrogen-bond acceptors (Lipinski definition) is 6. The number of methoxy groups -OCH3 is 1. The lowest BCUT2D eigenvalue weighted by Gasteiger charge is -2.16. The summed E-state index contributed by atoms with van der Waals surface area (Å²) < 4.78 is 6.19. The molecular formula is C18H20N2O6S. The zero-order valence-corrected chi connectivity index (χ0v) is 15.9. The quantitative estimate of drug-likeness (QED) is 0.553. The van der Waals surface area contributed by atoms with Gasteiger partial charge >= 0.3 is 6.09 Å². The Balaban J connectivity index is 2.23. The van der Waals surface area contributed by atoms with Gasteiger partial charge in [0.1, 0.15) is 16.3 Å². The zero-order valence-electron chi connectivity index (χ0n) is 15.1. The lowest BCUT2D eigenvalue weighted by Crippen LogP contribution is -2.31. The van der Waals surface area contributed by atoms with Crippen molar-refractivity contribution in [3.63, 3.8) is 0 Å². The normalized spacial score (nSPS) is 11.1. The van der Waals surface area contributed by atoms with Crippen LogP contribution in [0.25, 0.3) is 6.08 Å². The van der Waals surface area contributed by atoms with E-state index in [0.29, 0.717) is 15.6 Å². The van der Waals surface area contributed by atoms with Crippen molar-refractivity contribution in [1.82, 2.24) is 4.57 Å². The predicted molar refractivity (Wildman–Crippen MR) is 103 cm³/mol. The Bertz CT molecular complexity index is 944. The summed E-state index contributed by atoms with van der Waals surface area (Å²) >= 11 is 1.18. The summed E-state index contributed by atoms with van der Waals surface area (Å²) in [5.74, 6) is -0.994. The van der Waals surface area contributed by atoms with E-state index in [0.717, 1.165) is 4.90 Å². The number of anilines is 1. The van der Waals surface area contributed by atoms with E-state index in [-0.39, 0.29) is 24.5 Å². The van der Waals surface area contributed by atoms with Gasteiger partial charge in [0.05, 0.1) is 13.2 Å². The summed E-state index contributed by atoms with van der Waals surface area (Å²) in [4.78, 5) is 37.7. The first-order valence-corrected chi connectivity index (χ1v) is 8.79. The van der Waals surface area contributed by atoms with Crippen molar-refractivity contribution in [3.05, 3.63) is 50.8 Å². The molecule has 0 atom stereocenters. The topological polar surface area (TPSA) is 109 Å². The standard InChI is InChI=1S/C18H20N2O6S/c1-11-10-14(22)16(17(23)19(11)2)13(21)6-4-12-5-7-15(27-12)20(18(24)25)8-9-26-3/h4-7,10,22H,8-9H2,1-3H3,(H,24,25)/b6-4+. The van der Waals surface area contributed by atoms with Gasteiger partial charge in [0.25, 0.3) is 5.56 Å². The summed E-state index contributed by atoms with van der Waals surface area (Å²) in [5.41, 5.74) is -0.347. The van der Waals surface area contributed by atoms with Gasteiger partial charge in [0.15, 0.2) is 5.78 Å². The largest absolute Gasteiger partial charge is 0.507 e. The van der Waals surface area contributed by atoms with E-state index in [9.17, 15) is 24.6 Å². The van der Waals surface area contributed by atoms with Crippen LogP contribution < -0.4 is 10.5 Å². The van der Waals surface area contributed by atoms with Crippen molar-refractivity contribution < 1.29 is 24.5 Å². The number of nitrogens with zero attached hydrogens (tertiary/aromatic N) is 2. The highest BCUT2D eigenvalue weighted by atomic mass is 32.1. The molecule has 144 valence electrons. The maximum Gasteiger partial charge on any atom is 0.412 e. The number of carboxylic acid groups (broad SMARTS) is 1. The summed E-state index contributed by atoms with van der Waals surface area (Å²) in [7, 11) is 3.00. The first-order chi connectivity index (χ1) is 12.8. The Morgan fingerprint density at radius 1 is 1.37 bits per heavy atom. The second-order valence-corrected chi connectivity index (χ2v) is 6.80. The molecule has 0 fully saturated rings. The third-order valence-corrected chi connectivity index (χ3v) is 5.00. The molecule has 0 radical (unpaired) electrons. The van der Waals surface area contributed by atoms with Crippen LogP contribution in [0.2, 0.25) is 0 Å². The number of carbonyl (C=O) groups excluding carboxylic acids is 1. The molecule has 0 aliphatic carbocycles. The number of pyridine rings is 1. The van der Waals surface area contributed by atoms with E-state index in [1.807, 2.05) is 0 Å². The van der Waals surface area contributed by atoms with Crippen LogP contribution in [0, 0.1) is 6.92 Å². The zero-order chi connectivity index (χ0) is 20.1. The van der Waals surface area contributed by atoms with Gasteiger partial charge in [-0.1, -0.05) is 0 Å². The van der Waals surface area contributed by atoms with Crippen LogP contribution in [0.4, 0.5) is 9.80 Å². The monoisotopic (exact) mass is 392 g/mol. The van der Waals surface area contributed by atoms with Gasteiger partial charge in [-0.3, -0.25) is 14.5 Å². The molecule has 0 aromatic carbocycles. The number of aromatic nitrogens is 1. The van der Waals surface area contributed by atoms with Crippen LogP contribution in [0.1, 0.15) is 20.9 Å². The van der Waals surface area contributed by atoms with Crippen LogP contribution in [-0.2, 0) is 11.8 Å². The molecule has 0 saturated carbocycles. The Kier molecular flexibility index (Phi) is 6.54. The minimum atomic E-state index is -1.10. The Morgan fingerprint density at radius 2 is 2.07 bits per heavy atom. The molecule has 2 aromatic heterocycles. The van der Waals surface area contributed by atoms with Crippen LogP contribution in [0.5, 0.6) is 5.75 Å². The van der Waals surface area contributed by atoms with Crippen LogP contribution >= 0.6 is 11.3 Å². The summed E-state index contributed by atoms with van der Waals surface area (Å²) in [5, 5.41) is 19.7. The predicted octanol–water partition coefficient (Wildman–Crippen LogP) is 2.49. The average Bonchev–Trinajstić information content (AvgIpc) is 3.06. The molecule has 0 aliphatic heterocycles. The molecule has 8 nitrogen and oxygen atoms in total. The number of aryl methyl sites for hydroxylation is 1. The number of rotatable bonds is 7. The van der Waals surface area contributed by atoms with E-state index >= 15 is 0 Å². The molecule has 9 heteroatoms. The molecule has 2 aromatic rings. The number of hydrogen-bond donors (Lipinski definition) is 2. The highest BCUT2D eigenvalue weighted by molar-refractivity contribution is 7.17. The fraction of sp³-hybridized carbons (Fsp3) is 0.278. The Labute approximate surface area is 159 Å². The maximum atomic E-state index is 12.3. The lowest BCUT2D eigenvalue weighted by atomic mass is 10.1. The number of carbonyl (C=O) groups is 2. The summed E-state index contributed by atoms with van der Waals surface area (Å²) in [6.45, 7) is 2.09. The average molecular weight is 392 g/mol. The molecular weight excluding hydrogens is 372 g/mol. The van der Waals surface area contributed by atoms with Gasteiger partial charge in [-0.2, -0.15) is 0 Å². The Hall–Kier alpha value is -2.91. The van der Waals surface area contributed by atoms with Crippen molar-refractivity contribution in [2.75, 3.05) is 25.2 Å². The fourth-order valence-corrected chi connectivity index (χ4v) is 3.27. The molecule has 0 unspecified atom stereocenters. The van der Waals surface area contributed by atoms with Gasteiger partial charge in [-0.25, -0.2) is 4.79 Å². The number of ether oxygens (including phenoxy) is 1. The van der Waals surface area contributed by atoms with Crippen molar-refractivity contribution >= 4 is 34.3 Å². The molecule has 2 rings (SSSR count). The fourth-order valence-electron chi connectivity index (χ4n) is 2.34. The van der Waals surface area contributed by atoms with Gasteiger partial charge in [-0.15, -0.1) is 11.3 Å². The number of aromatic hydroxyl groups is 1. The second kappa shape index (κ2) is 8.65. The molecule has 1 amide bonds. The van der Waals surface area contributed by atoms with Gasteiger partial charge in [0.2, 0.25) is 0 Å². The number of amides is 1. The van der Waals surface area contributed by atoms with E-state index in [4.69, 9.17) is 4.74 Å².